The Morgan fingerprint density at radius 3 is 2.61 bits per heavy atom. The zero-order valence-corrected chi connectivity index (χ0v) is 14.7. The number of rotatable bonds is 7. The van der Waals surface area contributed by atoms with E-state index in [0.29, 0.717) is 13.0 Å². The lowest BCUT2D eigenvalue weighted by Gasteiger charge is -2.15. The largest absolute Gasteiger partial charge is 0.352 e. The van der Waals surface area contributed by atoms with E-state index in [4.69, 9.17) is 11.6 Å². The van der Waals surface area contributed by atoms with Gasteiger partial charge in [0, 0.05) is 23.2 Å². The molecule has 1 aromatic heterocycles. The fourth-order valence-electron chi connectivity index (χ4n) is 2.62. The summed E-state index contributed by atoms with van der Waals surface area (Å²) in [6.07, 6.45) is 2.25. The molecule has 124 valence electrons. The van der Waals surface area contributed by atoms with Gasteiger partial charge in [-0.2, -0.15) is 5.10 Å². The molecule has 0 aliphatic rings. The fraction of sp³-hybridized carbons (Fsp3) is 0.444. The third-order valence-corrected chi connectivity index (χ3v) is 3.99. The van der Waals surface area contributed by atoms with Crippen molar-refractivity contribution >= 4 is 17.5 Å². The third-order valence-electron chi connectivity index (χ3n) is 3.74. The number of nitrogens with zero attached hydrogens (tertiary/aromatic N) is 2. The summed E-state index contributed by atoms with van der Waals surface area (Å²) < 4.78 is 1.94. The number of aromatic nitrogens is 2. The minimum atomic E-state index is 0.0658. The maximum Gasteiger partial charge on any atom is 0.220 e. The molecule has 0 spiro atoms. The topological polar surface area (TPSA) is 46.9 Å². The second kappa shape index (κ2) is 8.16. The van der Waals surface area contributed by atoms with Gasteiger partial charge in [-0.1, -0.05) is 23.7 Å². The number of aryl methyl sites for hydroxylation is 3. The van der Waals surface area contributed by atoms with Gasteiger partial charge < -0.3 is 5.32 Å². The molecule has 1 aromatic carbocycles. The van der Waals surface area contributed by atoms with Gasteiger partial charge in [-0.15, -0.1) is 0 Å². The van der Waals surface area contributed by atoms with Crippen LogP contribution < -0.4 is 5.32 Å². The van der Waals surface area contributed by atoms with Gasteiger partial charge in [-0.05, 0) is 57.4 Å². The van der Waals surface area contributed by atoms with Gasteiger partial charge in [0.2, 0.25) is 5.91 Å². The molecule has 0 bridgehead atoms. The molecule has 0 fully saturated rings. The van der Waals surface area contributed by atoms with E-state index in [9.17, 15) is 4.79 Å². The maximum absolute atomic E-state index is 12.0. The predicted molar refractivity (Wildman–Crippen MR) is 93.7 cm³/mol. The van der Waals surface area contributed by atoms with Crippen molar-refractivity contribution in [3.63, 3.8) is 0 Å². The first-order chi connectivity index (χ1) is 10.9. The standard InChI is InChI=1S/C18H24ClN3O/c1-13-11-15(3)22(21-13)12-14(2)20-18(23)6-4-5-16-7-9-17(19)10-8-16/h7-11,14H,4-6,12H2,1-3H3,(H,20,23). The highest BCUT2D eigenvalue weighted by Gasteiger charge is 2.10. The summed E-state index contributed by atoms with van der Waals surface area (Å²) in [6, 6.07) is 9.88. The molecular weight excluding hydrogens is 310 g/mol. The summed E-state index contributed by atoms with van der Waals surface area (Å²) in [4.78, 5) is 12.0. The summed E-state index contributed by atoms with van der Waals surface area (Å²) in [7, 11) is 0. The number of hydrogen-bond acceptors (Lipinski definition) is 2. The molecule has 0 aliphatic heterocycles. The summed E-state index contributed by atoms with van der Waals surface area (Å²) in [6.45, 7) is 6.71. The minimum Gasteiger partial charge on any atom is -0.352 e. The molecule has 23 heavy (non-hydrogen) atoms. The van der Waals surface area contributed by atoms with Crippen LogP contribution in [0.5, 0.6) is 0 Å². The van der Waals surface area contributed by atoms with Crippen LogP contribution in [0.2, 0.25) is 5.02 Å². The second-order valence-electron chi connectivity index (χ2n) is 6.06. The number of carbonyl (C=O) groups excluding carboxylic acids is 1. The molecule has 1 N–H and O–H groups in total. The molecule has 0 saturated carbocycles. The Morgan fingerprint density at radius 2 is 2.00 bits per heavy atom. The average Bonchev–Trinajstić information content (AvgIpc) is 2.78. The van der Waals surface area contributed by atoms with E-state index < -0.39 is 0 Å². The van der Waals surface area contributed by atoms with Crippen molar-refractivity contribution in [2.75, 3.05) is 0 Å². The van der Waals surface area contributed by atoms with Crippen molar-refractivity contribution in [1.29, 1.82) is 0 Å². The summed E-state index contributed by atoms with van der Waals surface area (Å²) >= 11 is 5.86. The lowest BCUT2D eigenvalue weighted by Crippen LogP contribution is -2.36. The molecular formula is C18H24ClN3O. The molecule has 0 saturated heterocycles. The van der Waals surface area contributed by atoms with Crippen molar-refractivity contribution in [2.45, 2.75) is 52.6 Å². The number of halogens is 1. The van der Waals surface area contributed by atoms with Gasteiger partial charge in [0.1, 0.15) is 0 Å². The number of benzene rings is 1. The van der Waals surface area contributed by atoms with E-state index in [-0.39, 0.29) is 11.9 Å². The van der Waals surface area contributed by atoms with Crippen LogP contribution in [-0.4, -0.2) is 21.7 Å². The van der Waals surface area contributed by atoms with Crippen LogP contribution in [0.15, 0.2) is 30.3 Å². The molecule has 1 amide bonds. The van der Waals surface area contributed by atoms with Crippen molar-refractivity contribution in [1.82, 2.24) is 15.1 Å². The lowest BCUT2D eigenvalue weighted by atomic mass is 10.1. The molecule has 2 rings (SSSR count). The smallest absolute Gasteiger partial charge is 0.220 e. The number of amides is 1. The van der Waals surface area contributed by atoms with E-state index in [1.165, 1.54) is 5.56 Å². The zero-order valence-electron chi connectivity index (χ0n) is 14.0. The Hall–Kier alpha value is -1.81. The Bertz CT molecular complexity index is 649. The van der Waals surface area contributed by atoms with Crippen LogP contribution in [0, 0.1) is 13.8 Å². The van der Waals surface area contributed by atoms with Crippen molar-refractivity contribution in [3.8, 4) is 0 Å². The summed E-state index contributed by atoms with van der Waals surface area (Å²) in [5, 5.41) is 8.20. The van der Waals surface area contributed by atoms with Crippen molar-refractivity contribution in [3.05, 3.63) is 52.3 Å². The lowest BCUT2D eigenvalue weighted by molar-refractivity contribution is -0.121. The molecule has 0 aliphatic carbocycles. The Balaban J connectivity index is 1.71. The SMILES string of the molecule is Cc1cc(C)n(CC(C)NC(=O)CCCc2ccc(Cl)cc2)n1. The van der Waals surface area contributed by atoms with Crippen molar-refractivity contribution < 1.29 is 4.79 Å². The van der Waals surface area contributed by atoms with Crippen LogP contribution in [0.25, 0.3) is 0 Å². The van der Waals surface area contributed by atoms with Crippen LogP contribution in [0.3, 0.4) is 0 Å². The normalized spacial score (nSPS) is 12.2. The van der Waals surface area contributed by atoms with Crippen LogP contribution in [-0.2, 0) is 17.8 Å². The van der Waals surface area contributed by atoms with Gasteiger partial charge in [0.25, 0.3) is 0 Å². The molecule has 0 radical (unpaired) electrons. The highest BCUT2D eigenvalue weighted by Crippen LogP contribution is 2.11. The molecule has 4 nitrogen and oxygen atoms in total. The molecule has 1 unspecified atom stereocenters. The molecule has 2 aromatic rings. The van der Waals surface area contributed by atoms with Gasteiger partial charge in [-0.3, -0.25) is 9.48 Å². The van der Waals surface area contributed by atoms with E-state index in [0.717, 1.165) is 29.3 Å². The van der Waals surface area contributed by atoms with Gasteiger partial charge >= 0.3 is 0 Å². The second-order valence-corrected chi connectivity index (χ2v) is 6.49. The van der Waals surface area contributed by atoms with Gasteiger partial charge in [-0.25, -0.2) is 0 Å². The number of hydrogen-bond donors (Lipinski definition) is 1. The highest BCUT2D eigenvalue weighted by molar-refractivity contribution is 6.30. The van der Waals surface area contributed by atoms with Gasteiger partial charge in [0.05, 0.1) is 12.2 Å². The van der Waals surface area contributed by atoms with Crippen LogP contribution in [0.1, 0.15) is 36.7 Å². The monoisotopic (exact) mass is 333 g/mol. The van der Waals surface area contributed by atoms with E-state index in [2.05, 4.69) is 10.4 Å². The van der Waals surface area contributed by atoms with E-state index in [1.54, 1.807) is 0 Å². The fourth-order valence-corrected chi connectivity index (χ4v) is 2.74. The predicted octanol–water partition coefficient (Wildman–Crippen LogP) is 3.68. The first-order valence-electron chi connectivity index (χ1n) is 7.99. The Labute approximate surface area is 142 Å². The van der Waals surface area contributed by atoms with Gasteiger partial charge in [0.15, 0.2) is 0 Å². The quantitative estimate of drug-likeness (QED) is 0.840. The average molecular weight is 334 g/mol. The summed E-state index contributed by atoms with van der Waals surface area (Å²) in [5.74, 6) is 0.0907. The molecule has 1 atom stereocenters. The van der Waals surface area contributed by atoms with E-state index in [1.807, 2.05) is 55.8 Å². The first kappa shape index (κ1) is 17.5. The first-order valence-corrected chi connectivity index (χ1v) is 8.36. The third kappa shape index (κ3) is 5.71. The van der Waals surface area contributed by atoms with Crippen LogP contribution in [0.4, 0.5) is 0 Å². The van der Waals surface area contributed by atoms with E-state index >= 15 is 0 Å². The number of carbonyl (C=O) groups is 1. The minimum absolute atomic E-state index is 0.0658. The van der Waals surface area contributed by atoms with Crippen molar-refractivity contribution in [2.24, 2.45) is 0 Å². The summed E-state index contributed by atoms with van der Waals surface area (Å²) in [5.41, 5.74) is 3.33. The Morgan fingerprint density at radius 1 is 1.30 bits per heavy atom. The molecule has 5 heteroatoms. The maximum atomic E-state index is 12.0. The van der Waals surface area contributed by atoms with Crippen LogP contribution >= 0.6 is 11.6 Å². The number of nitrogens with one attached hydrogen (secondary N) is 1. The highest BCUT2D eigenvalue weighted by atomic mass is 35.5. The molecule has 1 heterocycles. The Kier molecular flexibility index (Phi) is 6.22. The zero-order chi connectivity index (χ0) is 16.8.